The Morgan fingerprint density at radius 3 is 2.91 bits per heavy atom. The molecular weight excluding hydrogens is 285 g/mol. The summed E-state index contributed by atoms with van der Waals surface area (Å²) >= 11 is 0. The van der Waals surface area contributed by atoms with Crippen molar-refractivity contribution < 1.29 is 13.6 Å². The third-order valence-corrected chi connectivity index (χ3v) is 3.64. The Balaban J connectivity index is 1.87. The lowest BCUT2D eigenvalue weighted by Gasteiger charge is -2.11. The summed E-state index contributed by atoms with van der Waals surface area (Å²) < 4.78 is 20.7. The van der Waals surface area contributed by atoms with Gasteiger partial charge in [0.1, 0.15) is 17.2 Å². The predicted octanol–water partition coefficient (Wildman–Crippen LogP) is 3.10. The summed E-state index contributed by atoms with van der Waals surface area (Å²) in [5, 5.41) is 7.55. The van der Waals surface area contributed by atoms with E-state index in [4.69, 9.17) is 4.42 Å². The van der Waals surface area contributed by atoms with E-state index >= 15 is 0 Å². The molecule has 22 heavy (non-hydrogen) atoms. The average molecular weight is 301 g/mol. The Morgan fingerprint density at radius 1 is 1.45 bits per heavy atom. The number of hydrogen-bond donors (Lipinski definition) is 1. The number of aryl methyl sites for hydroxylation is 2. The van der Waals surface area contributed by atoms with Gasteiger partial charge in [-0.15, -0.1) is 0 Å². The number of fused-ring (bicyclic) bond motifs is 1. The molecule has 1 N–H and O–H groups in total. The van der Waals surface area contributed by atoms with Crippen LogP contribution in [0.1, 0.15) is 34.6 Å². The molecule has 3 rings (SSSR count). The highest BCUT2D eigenvalue weighted by Crippen LogP contribution is 2.30. The fourth-order valence-corrected chi connectivity index (χ4v) is 2.51. The molecule has 0 aliphatic carbocycles. The summed E-state index contributed by atoms with van der Waals surface area (Å²) in [6.45, 7) is 3.68. The van der Waals surface area contributed by atoms with Crippen LogP contribution in [0, 0.1) is 12.7 Å². The summed E-state index contributed by atoms with van der Waals surface area (Å²) in [4.78, 5) is 12.2. The maximum atomic E-state index is 13.3. The predicted molar refractivity (Wildman–Crippen MR) is 80.0 cm³/mol. The molecule has 6 heteroatoms. The van der Waals surface area contributed by atoms with Crippen LogP contribution in [-0.4, -0.2) is 15.7 Å². The summed E-state index contributed by atoms with van der Waals surface area (Å²) in [7, 11) is 1.75. The summed E-state index contributed by atoms with van der Waals surface area (Å²) in [5.41, 5.74) is 1.92. The van der Waals surface area contributed by atoms with Crippen LogP contribution in [0.2, 0.25) is 0 Å². The number of furan rings is 1. The fraction of sp³-hybridized carbons (Fsp3) is 0.250. The molecule has 1 unspecified atom stereocenters. The van der Waals surface area contributed by atoms with Crippen molar-refractivity contribution in [1.82, 2.24) is 15.1 Å². The lowest BCUT2D eigenvalue weighted by molar-refractivity contribution is 0.0935. The molecule has 3 aromatic rings. The van der Waals surface area contributed by atoms with Crippen molar-refractivity contribution in [3.8, 4) is 0 Å². The number of hydrogen-bond acceptors (Lipinski definition) is 3. The number of carbonyl (C=O) groups is 1. The minimum Gasteiger partial charge on any atom is -0.459 e. The number of halogens is 1. The van der Waals surface area contributed by atoms with Crippen LogP contribution < -0.4 is 5.32 Å². The standard InChI is InChI=1S/C16H16FN3O2/c1-9-13-6-12(17)4-5-14(13)22-15(9)10(2)19-16(21)11-7-18-20(3)8-11/h4-8,10H,1-3H3,(H,19,21). The molecule has 5 nitrogen and oxygen atoms in total. The van der Waals surface area contributed by atoms with Crippen molar-refractivity contribution in [2.24, 2.45) is 7.05 Å². The molecule has 0 fully saturated rings. The van der Waals surface area contributed by atoms with Crippen molar-refractivity contribution in [3.63, 3.8) is 0 Å². The molecule has 1 aromatic carbocycles. The van der Waals surface area contributed by atoms with Gasteiger partial charge in [-0.05, 0) is 32.0 Å². The molecule has 1 amide bonds. The summed E-state index contributed by atoms with van der Waals surface area (Å²) in [6, 6.07) is 4.06. The number of rotatable bonds is 3. The summed E-state index contributed by atoms with van der Waals surface area (Å²) in [5.74, 6) is 0.0828. The zero-order chi connectivity index (χ0) is 15.9. The highest BCUT2D eigenvalue weighted by atomic mass is 19.1. The smallest absolute Gasteiger partial charge is 0.255 e. The third kappa shape index (κ3) is 2.47. The second-order valence-corrected chi connectivity index (χ2v) is 5.33. The highest BCUT2D eigenvalue weighted by Gasteiger charge is 2.19. The van der Waals surface area contributed by atoms with Gasteiger partial charge in [0.05, 0.1) is 17.8 Å². The number of amides is 1. The van der Waals surface area contributed by atoms with E-state index in [1.54, 1.807) is 24.0 Å². The van der Waals surface area contributed by atoms with Crippen LogP contribution in [0.5, 0.6) is 0 Å². The normalized spacial score (nSPS) is 12.5. The molecular formula is C16H16FN3O2. The second-order valence-electron chi connectivity index (χ2n) is 5.33. The summed E-state index contributed by atoms with van der Waals surface area (Å²) in [6.07, 6.45) is 3.14. The molecule has 2 aromatic heterocycles. The van der Waals surface area contributed by atoms with Gasteiger partial charge in [-0.1, -0.05) is 0 Å². The monoisotopic (exact) mass is 301 g/mol. The topological polar surface area (TPSA) is 60.1 Å². The minimum absolute atomic E-state index is 0.230. The van der Waals surface area contributed by atoms with E-state index in [2.05, 4.69) is 10.4 Å². The second kappa shape index (κ2) is 5.29. The van der Waals surface area contributed by atoms with Crippen molar-refractivity contribution in [2.45, 2.75) is 19.9 Å². The van der Waals surface area contributed by atoms with Gasteiger partial charge < -0.3 is 9.73 Å². The minimum atomic E-state index is -0.330. The number of benzene rings is 1. The maximum Gasteiger partial charge on any atom is 0.255 e. The Morgan fingerprint density at radius 2 is 2.23 bits per heavy atom. The average Bonchev–Trinajstić information content (AvgIpc) is 3.04. The first-order valence-electron chi connectivity index (χ1n) is 6.94. The maximum absolute atomic E-state index is 13.3. The Kier molecular flexibility index (Phi) is 3.44. The van der Waals surface area contributed by atoms with Crippen molar-refractivity contribution in [1.29, 1.82) is 0 Å². The van der Waals surface area contributed by atoms with Crippen molar-refractivity contribution in [3.05, 3.63) is 53.3 Å². The van der Waals surface area contributed by atoms with Gasteiger partial charge in [0, 0.05) is 24.2 Å². The number of nitrogens with zero attached hydrogens (tertiary/aromatic N) is 2. The Bertz CT molecular complexity index is 850. The van der Waals surface area contributed by atoms with Gasteiger partial charge in [0.15, 0.2) is 0 Å². The zero-order valence-corrected chi connectivity index (χ0v) is 12.6. The molecule has 0 aliphatic heterocycles. The van der Waals surface area contributed by atoms with Gasteiger partial charge in [-0.2, -0.15) is 5.10 Å². The molecule has 0 radical (unpaired) electrons. The molecule has 1 atom stereocenters. The van der Waals surface area contributed by atoms with Crippen molar-refractivity contribution in [2.75, 3.05) is 0 Å². The number of nitrogens with one attached hydrogen (secondary N) is 1. The molecule has 0 saturated carbocycles. The zero-order valence-electron chi connectivity index (χ0n) is 12.6. The molecule has 0 aliphatic rings. The molecule has 2 heterocycles. The van der Waals surface area contributed by atoms with Gasteiger partial charge in [-0.25, -0.2) is 4.39 Å². The SMILES string of the molecule is Cc1c(C(C)NC(=O)c2cnn(C)c2)oc2ccc(F)cc12. The van der Waals surface area contributed by atoms with E-state index in [1.165, 1.54) is 18.3 Å². The molecule has 114 valence electrons. The van der Waals surface area contributed by atoms with Crippen LogP contribution in [0.3, 0.4) is 0 Å². The Labute approximate surface area is 126 Å². The van der Waals surface area contributed by atoms with Crippen LogP contribution in [0.4, 0.5) is 4.39 Å². The van der Waals surface area contributed by atoms with Crippen molar-refractivity contribution >= 4 is 16.9 Å². The third-order valence-electron chi connectivity index (χ3n) is 3.64. The van der Waals surface area contributed by atoms with Gasteiger partial charge >= 0.3 is 0 Å². The van der Waals surface area contributed by atoms with E-state index in [9.17, 15) is 9.18 Å². The van der Waals surface area contributed by atoms with E-state index in [1.807, 2.05) is 13.8 Å². The number of aromatic nitrogens is 2. The van der Waals surface area contributed by atoms with Crippen LogP contribution in [0.25, 0.3) is 11.0 Å². The van der Waals surface area contributed by atoms with E-state index in [-0.39, 0.29) is 17.8 Å². The first-order chi connectivity index (χ1) is 10.5. The molecule has 0 bridgehead atoms. The number of carbonyl (C=O) groups excluding carboxylic acids is 1. The van der Waals surface area contributed by atoms with E-state index in [0.717, 1.165) is 10.9 Å². The lowest BCUT2D eigenvalue weighted by Crippen LogP contribution is -2.26. The lowest BCUT2D eigenvalue weighted by atomic mass is 10.1. The van der Waals surface area contributed by atoms with Crippen LogP contribution >= 0.6 is 0 Å². The van der Waals surface area contributed by atoms with Crippen LogP contribution in [0.15, 0.2) is 35.0 Å². The molecule has 0 saturated heterocycles. The highest BCUT2D eigenvalue weighted by molar-refractivity contribution is 5.94. The van der Waals surface area contributed by atoms with Gasteiger partial charge in [-0.3, -0.25) is 9.48 Å². The molecule has 0 spiro atoms. The van der Waals surface area contributed by atoms with Gasteiger partial charge in [0.2, 0.25) is 0 Å². The Hall–Kier alpha value is -2.63. The van der Waals surface area contributed by atoms with E-state index in [0.29, 0.717) is 16.9 Å². The first kappa shape index (κ1) is 14.3. The van der Waals surface area contributed by atoms with Crippen LogP contribution in [-0.2, 0) is 7.05 Å². The quantitative estimate of drug-likeness (QED) is 0.808. The fourth-order valence-electron chi connectivity index (χ4n) is 2.51. The van der Waals surface area contributed by atoms with E-state index < -0.39 is 0 Å². The largest absolute Gasteiger partial charge is 0.459 e. The first-order valence-corrected chi connectivity index (χ1v) is 6.94. The van der Waals surface area contributed by atoms with Gasteiger partial charge in [0.25, 0.3) is 5.91 Å².